The Morgan fingerprint density at radius 2 is 1.72 bits per heavy atom. The number of hydrazone groups is 1. The minimum absolute atomic E-state index is 0.0897. The lowest BCUT2D eigenvalue weighted by Crippen LogP contribution is -2.26. The van der Waals surface area contributed by atoms with Crippen LogP contribution in [0.25, 0.3) is 10.9 Å². The predicted octanol–water partition coefficient (Wildman–Crippen LogP) is 4.57. The molecule has 0 fully saturated rings. The summed E-state index contributed by atoms with van der Waals surface area (Å²) in [6, 6.07) is 26.1. The number of para-hydroxylation sites is 3. The van der Waals surface area contributed by atoms with Gasteiger partial charge in [0.05, 0.1) is 25.6 Å². The van der Waals surface area contributed by atoms with Crippen LogP contribution in [0.3, 0.4) is 0 Å². The van der Waals surface area contributed by atoms with E-state index in [-0.39, 0.29) is 12.5 Å². The van der Waals surface area contributed by atoms with Crippen LogP contribution in [0.1, 0.15) is 16.8 Å². The topological polar surface area (TPSA) is 67.7 Å². The van der Waals surface area contributed by atoms with E-state index in [0.717, 1.165) is 34.4 Å². The van der Waals surface area contributed by atoms with Gasteiger partial charge in [0.1, 0.15) is 5.75 Å². The van der Waals surface area contributed by atoms with Gasteiger partial charge in [0.2, 0.25) is 0 Å². The maximum Gasteiger partial charge on any atom is 0.259 e. The molecule has 0 saturated heterocycles. The van der Waals surface area contributed by atoms with Crippen molar-refractivity contribution in [2.75, 3.05) is 19.0 Å². The molecule has 6 nitrogen and oxygen atoms in total. The Morgan fingerprint density at radius 3 is 2.53 bits per heavy atom. The molecule has 0 atom stereocenters. The fourth-order valence-electron chi connectivity index (χ4n) is 3.76. The van der Waals surface area contributed by atoms with E-state index in [1.165, 1.54) is 5.56 Å². The summed E-state index contributed by atoms with van der Waals surface area (Å²) in [5, 5.41) is 8.39. The minimum Gasteiger partial charge on any atom is -0.495 e. The maximum absolute atomic E-state index is 12.3. The number of carbonyl (C=O) groups excluding carboxylic acids is 1. The molecule has 1 heterocycles. The number of rotatable bonds is 8. The number of amides is 1. The number of methoxy groups -OCH3 is 1. The predicted molar refractivity (Wildman–Crippen MR) is 129 cm³/mol. The number of aromatic nitrogens is 1. The van der Waals surface area contributed by atoms with Crippen molar-refractivity contribution < 1.29 is 9.53 Å². The molecular weight excluding hydrogens is 400 g/mol. The Labute approximate surface area is 187 Å². The molecule has 3 aromatic carbocycles. The standard InChI is InChI=1S/C26H26N4O2/c1-19-22(16-28-29-26(31)17-27-23-13-7-9-15-25(23)32-2)21-12-6-8-14-24(21)30(19)18-20-10-4-3-5-11-20/h3-16,27H,17-18H2,1-2H3,(H,29,31). The van der Waals surface area contributed by atoms with Gasteiger partial charge in [0, 0.05) is 28.7 Å². The molecule has 32 heavy (non-hydrogen) atoms. The molecule has 6 heteroatoms. The number of benzene rings is 3. The van der Waals surface area contributed by atoms with Gasteiger partial charge < -0.3 is 14.6 Å². The number of hydrogen-bond donors (Lipinski definition) is 2. The average Bonchev–Trinajstić information content (AvgIpc) is 3.09. The molecule has 0 spiro atoms. The first kappa shape index (κ1) is 21.2. The van der Waals surface area contributed by atoms with E-state index in [1.807, 2.05) is 54.6 Å². The maximum atomic E-state index is 12.3. The molecule has 0 aliphatic rings. The van der Waals surface area contributed by atoms with Gasteiger partial charge in [0.15, 0.2) is 0 Å². The quantitative estimate of drug-likeness (QED) is 0.320. The van der Waals surface area contributed by atoms with E-state index < -0.39 is 0 Å². The first-order chi connectivity index (χ1) is 15.7. The fraction of sp³-hybridized carbons (Fsp3) is 0.154. The summed E-state index contributed by atoms with van der Waals surface area (Å²) in [5.41, 5.74) is 7.83. The van der Waals surface area contributed by atoms with Gasteiger partial charge in [-0.05, 0) is 30.7 Å². The first-order valence-corrected chi connectivity index (χ1v) is 10.5. The van der Waals surface area contributed by atoms with Gasteiger partial charge in [-0.2, -0.15) is 5.10 Å². The van der Waals surface area contributed by atoms with E-state index in [0.29, 0.717) is 5.75 Å². The van der Waals surface area contributed by atoms with Crippen LogP contribution in [0.4, 0.5) is 5.69 Å². The lowest BCUT2D eigenvalue weighted by molar-refractivity contribution is -0.119. The van der Waals surface area contributed by atoms with Crippen LogP contribution >= 0.6 is 0 Å². The third-order valence-electron chi connectivity index (χ3n) is 5.39. The molecule has 0 aliphatic carbocycles. The molecule has 4 rings (SSSR count). The molecular formula is C26H26N4O2. The summed E-state index contributed by atoms with van der Waals surface area (Å²) in [7, 11) is 1.60. The number of anilines is 1. The first-order valence-electron chi connectivity index (χ1n) is 10.5. The zero-order chi connectivity index (χ0) is 22.3. The van der Waals surface area contributed by atoms with Crippen molar-refractivity contribution in [1.82, 2.24) is 9.99 Å². The number of ether oxygens (including phenoxy) is 1. The number of nitrogens with one attached hydrogen (secondary N) is 2. The molecule has 1 aromatic heterocycles. The molecule has 0 saturated carbocycles. The zero-order valence-electron chi connectivity index (χ0n) is 18.2. The Hall–Kier alpha value is -4.06. The highest BCUT2D eigenvalue weighted by atomic mass is 16.5. The summed E-state index contributed by atoms with van der Waals surface area (Å²) >= 11 is 0. The monoisotopic (exact) mass is 426 g/mol. The van der Waals surface area contributed by atoms with E-state index in [1.54, 1.807) is 13.3 Å². The van der Waals surface area contributed by atoms with Gasteiger partial charge >= 0.3 is 0 Å². The summed E-state index contributed by atoms with van der Waals surface area (Å²) in [5.74, 6) is 0.448. The Balaban J connectivity index is 1.48. The highest BCUT2D eigenvalue weighted by Gasteiger charge is 2.13. The van der Waals surface area contributed by atoms with Gasteiger partial charge in [-0.15, -0.1) is 0 Å². The molecule has 0 aliphatic heterocycles. The smallest absolute Gasteiger partial charge is 0.259 e. The van der Waals surface area contributed by atoms with Crippen molar-refractivity contribution in [2.45, 2.75) is 13.5 Å². The number of nitrogens with zero attached hydrogens (tertiary/aromatic N) is 2. The molecule has 0 unspecified atom stereocenters. The second-order valence-corrected chi connectivity index (χ2v) is 7.43. The molecule has 0 radical (unpaired) electrons. The molecule has 0 bridgehead atoms. The van der Waals surface area contributed by atoms with Gasteiger partial charge in [0.25, 0.3) is 5.91 Å². The second kappa shape index (κ2) is 9.83. The summed E-state index contributed by atoms with van der Waals surface area (Å²) in [6.07, 6.45) is 1.72. The number of hydrogen-bond acceptors (Lipinski definition) is 4. The third-order valence-corrected chi connectivity index (χ3v) is 5.39. The van der Waals surface area contributed by atoms with Gasteiger partial charge in [-0.25, -0.2) is 5.43 Å². The summed E-state index contributed by atoms with van der Waals surface area (Å²) in [6.45, 7) is 2.94. The summed E-state index contributed by atoms with van der Waals surface area (Å²) < 4.78 is 7.56. The van der Waals surface area contributed by atoms with Crippen LogP contribution in [0.15, 0.2) is 84.0 Å². The van der Waals surface area contributed by atoms with E-state index >= 15 is 0 Å². The molecule has 162 valence electrons. The van der Waals surface area contributed by atoms with Crippen LogP contribution < -0.4 is 15.5 Å². The van der Waals surface area contributed by atoms with Gasteiger partial charge in [-0.3, -0.25) is 4.79 Å². The van der Waals surface area contributed by atoms with E-state index in [9.17, 15) is 4.79 Å². The molecule has 1 amide bonds. The lowest BCUT2D eigenvalue weighted by atomic mass is 10.1. The van der Waals surface area contributed by atoms with E-state index in [4.69, 9.17) is 4.74 Å². The largest absolute Gasteiger partial charge is 0.495 e. The summed E-state index contributed by atoms with van der Waals surface area (Å²) in [4.78, 5) is 12.3. The number of fused-ring (bicyclic) bond motifs is 1. The minimum atomic E-state index is -0.238. The SMILES string of the molecule is COc1ccccc1NCC(=O)NN=Cc1c(C)n(Cc2ccccc2)c2ccccc12. The Bertz CT molecular complexity index is 1250. The van der Waals surface area contributed by atoms with Crippen LogP contribution in [-0.2, 0) is 11.3 Å². The third kappa shape index (κ3) is 4.64. The average molecular weight is 427 g/mol. The van der Waals surface area contributed by atoms with E-state index in [2.05, 4.69) is 51.6 Å². The van der Waals surface area contributed by atoms with Crippen molar-refractivity contribution >= 4 is 28.7 Å². The number of carbonyl (C=O) groups is 1. The van der Waals surface area contributed by atoms with Gasteiger partial charge in [-0.1, -0.05) is 60.7 Å². The normalized spacial score (nSPS) is 11.1. The van der Waals surface area contributed by atoms with Crippen molar-refractivity contribution in [1.29, 1.82) is 0 Å². The fourth-order valence-corrected chi connectivity index (χ4v) is 3.76. The molecule has 4 aromatic rings. The highest BCUT2D eigenvalue weighted by molar-refractivity contribution is 6.01. The van der Waals surface area contributed by atoms with Crippen molar-refractivity contribution in [2.24, 2.45) is 5.10 Å². The van der Waals surface area contributed by atoms with Crippen LogP contribution in [0, 0.1) is 6.92 Å². The van der Waals surface area contributed by atoms with Crippen LogP contribution in [0.2, 0.25) is 0 Å². The van der Waals surface area contributed by atoms with Crippen LogP contribution in [-0.4, -0.2) is 30.3 Å². The Kier molecular flexibility index (Phi) is 6.51. The second-order valence-electron chi connectivity index (χ2n) is 7.43. The van der Waals surface area contributed by atoms with Crippen molar-refractivity contribution in [3.05, 3.63) is 95.7 Å². The highest BCUT2D eigenvalue weighted by Crippen LogP contribution is 2.25. The zero-order valence-corrected chi connectivity index (χ0v) is 18.2. The van der Waals surface area contributed by atoms with Crippen LogP contribution in [0.5, 0.6) is 5.75 Å². The lowest BCUT2D eigenvalue weighted by Gasteiger charge is -2.09. The van der Waals surface area contributed by atoms with Crippen molar-refractivity contribution in [3.63, 3.8) is 0 Å². The van der Waals surface area contributed by atoms with Crippen molar-refractivity contribution in [3.8, 4) is 5.75 Å². The molecule has 2 N–H and O–H groups in total. The Morgan fingerprint density at radius 1 is 1.00 bits per heavy atom.